The average molecular weight is 1080 g/mol. The topological polar surface area (TPSA) is 78.9 Å². The van der Waals surface area contributed by atoms with Crippen LogP contribution in [0.2, 0.25) is 0 Å². The van der Waals surface area contributed by atoms with E-state index in [4.69, 9.17) is 14.2 Å². The van der Waals surface area contributed by atoms with Crippen LogP contribution in [-0.2, 0) is 28.6 Å². The van der Waals surface area contributed by atoms with E-state index in [1.54, 1.807) is 0 Å². The maximum Gasteiger partial charge on any atom is 0.306 e. The lowest BCUT2D eigenvalue weighted by Crippen LogP contribution is -2.30. The second-order valence-electron chi connectivity index (χ2n) is 21.3. The number of carbonyl (C=O) groups excluding carboxylic acids is 3. The van der Waals surface area contributed by atoms with E-state index in [1.807, 2.05) is 0 Å². The standard InChI is InChI=1S/C72H120O6/c1-4-7-10-13-16-19-22-24-26-28-30-32-33-34-35-36-37-38-39-41-42-44-46-48-50-53-56-59-62-65-71(74)77-68-69(67-76-70(73)64-61-58-55-52-21-18-15-12-9-6-3)78-72(75)66-63-60-57-54-51-49-47-45-43-40-31-29-27-25-23-20-17-14-11-8-5-2/h7,10,12,15-16,19,24,26,29-32,34-35,37-38,41-42,46,48,69H,4-6,8-9,11,13-14,17-18,20-23,25,27-28,33,36,39-40,43-45,47,49-68H2,1-3H3/b10-7-,15-12-,19-16-,26-24-,31-29-,32-30-,35-34-,38-37-,42-41-,48-46-. The Labute approximate surface area is 482 Å². The minimum absolute atomic E-state index is 0.0929. The Hall–Kier alpha value is -4.19. The van der Waals surface area contributed by atoms with Crippen molar-refractivity contribution in [2.75, 3.05) is 13.2 Å². The highest BCUT2D eigenvalue weighted by atomic mass is 16.6. The minimum Gasteiger partial charge on any atom is -0.462 e. The van der Waals surface area contributed by atoms with Crippen molar-refractivity contribution >= 4 is 17.9 Å². The zero-order valence-electron chi connectivity index (χ0n) is 50.9. The number of hydrogen-bond donors (Lipinski definition) is 0. The van der Waals surface area contributed by atoms with Gasteiger partial charge in [-0.15, -0.1) is 0 Å². The van der Waals surface area contributed by atoms with E-state index >= 15 is 0 Å². The lowest BCUT2D eigenvalue weighted by atomic mass is 10.1. The van der Waals surface area contributed by atoms with Crippen LogP contribution >= 0.6 is 0 Å². The van der Waals surface area contributed by atoms with Gasteiger partial charge in [0.05, 0.1) is 0 Å². The van der Waals surface area contributed by atoms with E-state index in [-0.39, 0.29) is 31.1 Å². The molecule has 0 heterocycles. The van der Waals surface area contributed by atoms with Gasteiger partial charge in [0, 0.05) is 19.3 Å². The van der Waals surface area contributed by atoms with Gasteiger partial charge in [0.15, 0.2) is 6.10 Å². The van der Waals surface area contributed by atoms with E-state index in [1.165, 1.54) is 116 Å². The Kier molecular flexibility index (Phi) is 61.8. The first kappa shape index (κ1) is 73.8. The summed E-state index contributed by atoms with van der Waals surface area (Å²) < 4.78 is 16.9. The number of unbranched alkanes of at least 4 members (excludes halogenated alkanes) is 27. The van der Waals surface area contributed by atoms with Crippen molar-refractivity contribution in [1.29, 1.82) is 0 Å². The van der Waals surface area contributed by atoms with Crippen LogP contribution in [0.25, 0.3) is 0 Å². The molecular weight excluding hydrogens is 961 g/mol. The molecule has 78 heavy (non-hydrogen) atoms. The second-order valence-corrected chi connectivity index (χ2v) is 21.3. The summed E-state index contributed by atoms with van der Waals surface area (Å²) in [4.78, 5) is 38.2. The van der Waals surface area contributed by atoms with Crippen LogP contribution < -0.4 is 0 Å². The molecule has 0 spiro atoms. The average Bonchev–Trinajstić information content (AvgIpc) is 3.44. The first-order valence-electron chi connectivity index (χ1n) is 32.5. The normalized spacial score (nSPS) is 12.9. The first-order valence-corrected chi connectivity index (χ1v) is 32.5. The lowest BCUT2D eigenvalue weighted by molar-refractivity contribution is -0.167. The maximum atomic E-state index is 12.9. The highest BCUT2D eigenvalue weighted by Crippen LogP contribution is 2.15. The third-order valence-electron chi connectivity index (χ3n) is 13.7. The van der Waals surface area contributed by atoms with Crippen molar-refractivity contribution in [1.82, 2.24) is 0 Å². The third kappa shape index (κ3) is 62.7. The Balaban J connectivity index is 4.32. The molecule has 6 heteroatoms. The molecule has 0 amide bonds. The van der Waals surface area contributed by atoms with Crippen molar-refractivity contribution in [2.45, 2.75) is 303 Å². The number of rotatable bonds is 58. The summed E-state index contributed by atoms with van der Waals surface area (Å²) in [6.45, 7) is 6.45. The zero-order chi connectivity index (χ0) is 56.4. The largest absolute Gasteiger partial charge is 0.462 e. The maximum absolute atomic E-state index is 12.9. The van der Waals surface area contributed by atoms with Gasteiger partial charge < -0.3 is 14.2 Å². The van der Waals surface area contributed by atoms with E-state index in [2.05, 4.69) is 142 Å². The van der Waals surface area contributed by atoms with Crippen molar-refractivity contribution < 1.29 is 28.6 Å². The van der Waals surface area contributed by atoms with Crippen LogP contribution in [0.15, 0.2) is 122 Å². The number of esters is 3. The van der Waals surface area contributed by atoms with E-state index in [0.717, 1.165) is 141 Å². The Morgan fingerprint density at radius 1 is 0.269 bits per heavy atom. The molecule has 0 rings (SSSR count). The quantitative estimate of drug-likeness (QED) is 0.0261. The predicted octanol–water partition coefficient (Wildman–Crippen LogP) is 22.4. The van der Waals surface area contributed by atoms with Crippen LogP contribution in [0.4, 0.5) is 0 Å². The van der Waals surface area contributed by atoms with Gasteiger partial charge >= 0.3 is 17.9 Å². The molecule has 0 aromatic heterocycles. The molecule has 6 nitrogen and oxygen atoms in total. The van der Waals surface area contributed by atoms with Gasteiger partial charge in [-0.2, -0.15) is 0 Å². The summed E-state index contributed by atoms with van der Waals surface area (Å²) >= 11 is 0. The van der Waals surface area contributed by atoms with Crippen LogP contribution in [0, 0.1) is 0 Å². The number of ether oxygens (including phenoxy) is 3. The molecule has 0 aliphatic rings. The second kappa shape index (κ2) is 65.3. The van der Waals surface area contributed by atoms with Crippen molar-refractivity contribution in [3.63, 3.8) is 0 Å². The molecule has 0 bridgehead atoms. The van der Waals surface area contributed by atoms with Crippen LogP contribution in [0.5, 0.6) is 0 Å². The molecule has 444 valence electrons. The molecule has 0 aliphatic heterocycles. The monoisotopic (exact) mass is 1080 g/mol. The molecule has 1 atom stereocenters. The highest BCUT2D eigenvalue weighted by molar-refractivity contribution is 5.71. The van der Waals surface area contributed by atoms with E-state index in [0.29, 0.717) is 19.3 Å². The summed E-state index contributed by atoms with van der Waals surface area (Å²) in [5, 5.41) is 0. The van der Waals surface area contributed by atoms with Gasteiger partial charge in [0.1, 0.15) is 13.2 Å². The first-order chi connectivity index (χ1) is 38.5. The lowest BCUT2D eigenvalue weighted by Gasteiger charge is -2.18. The summed E-state index contributed by atoms with van der Waals surface area (Å²) in [5.41, 5.74) is 0. The Morgan fingerprint density at radius 3 is 0.846 bits per heavy atom. The zero-order valence-corrected chi connectivity index (χ0v) is 50.9. The Morgan fingerprint density at radius 2 is 0.526 bits per heavy atom. The minimum atomic E-state index is -0.796. The van der Waals surface area contributed by atoms with Crippen LogP contribution in [0.1, 0.15) is 297 Å². The molecule has 0 N–H and O–H groups in total. The van der Waals surface area contributed by atoms with Gasteiger partial charge in [-0.05, 0) is 128 Å². The fourth-order valence-corrected chi connectivity index (χ4v) is 8.81. The summed E-state index contributed by atoms with van der Waals surface area (Å²) in [5.74, 6) is -0.927. The summed E-state index contributed by atoms with van der Waals surface area (Å²) in [6.07, 6.45) is 90.7. The van der Waals surface area contributed by atoms with Gasteiger partial charge in [-0.25, -0.2) is 0 Å². The number of carbonyl (C=O) groups is 3. The van der Waals surface area contributed by atoms with E-state index in [9.17, 15) is 14.4 Å². The van der Waals surface area contributed by atoms with Crippen LogP contribution in [-0.4, -0.2) is 37.2 Å². The molecule has 1 unspecified atom stereocenters. The molecular formula is C72H120O6. The van der Waals surface area contributed by atoms with Crippen molar-refractivity contribution in [3.8, 4) is 0 Å². The van der Waals surface area contributed by atoms with Crippen LogP contribution in [0.3, 0.4) is 0 Å². The fourth-order valence-electron chi connectivity index (χ4n) is 8.81. The molecule has 0 saturated heterocycles. The molecule has 0 aromatic carbocycles. The predicted molar refractivity (Wildman–Crippen MR) is 339 cm³/mol. The van der Waals surface area contributed by atoms with Gasteiger partial charge in [0.25, 0.3) is 0 Å². The molecule has 0 aliphatic carbocycles. The van der Waals surface area contributed by atoms with Crippen molar-refractivity contribution in [2.24, 2.45) is 0 Å². The van der Waals surface area contributed by atoms with E-state index < -0.39 is 6.10 Å². The molecule has 0 saturated carbocycles. The smallest absolute Gasteiger partial charge is 0.306 e. The molecule has 0 aromatic rings. The highest BCUT2D eigenvalue weighted by Gasteiger charge is 2.19. The van der Waals surface area contributed by atoms with Gasteiger partial charge in [0.2, 0.25) is 0 Å². The SMILES string of the molecule is CC/C=C\C/C=C\C/C=C\C/C=C\C/C=C\C/C=C\C/C=C\C/C=C\CCCCCCC(=O)OCC(COC(=O)CCCCCCC/C=C\CCC)OC(=O)CCCCCCCCCCC/C=C\CCCCCCCCCC. The molecule has 0 radical (unpaired) electrons. The number of allylic oxidation sites excluding steroid dienone is 20. The summed E-state index contributed by atoms with van der Waals surface area (Å²) in [7, 11) is 0. The fraction of sp³-hybridized carbons (Fsp3) is 0.681. The molecule has 0 fully saturated rings. The van der Waals surface area contributed by atoms with Gasteiger partial charge in [-0.3, -0.25) is 14.4 Å². The van der Waals surface area contributed by atoms with Crippen molar-refractivity contribution in [3.05, 3.63) is 122 Å². The number of hydrogen-bond acceptors (Lipinski definition) is 6. The Bertz CT molecular complexity index is 1620. The third-order valence-corrected chi connectivity index (χ3v) is 13.7. The summed E-state index contributed by atoms with van der Waals surface area (Å²) in [6, 6.07) is 0. The van der Waals surface area contributed by atoms with Gasteiger partial charge in [-0.1, -0.05) is 271 Å².